The third-order valence-electron chi connectivity index (χ3n) is 3.47. The zero-order valence-corrected chi connectivity index (χ0v) is 12.8. The summed E-state index contributed by atoms with van der Waals surface area (Å²) in [5, 5.41) is 12.1. The number of nitrogens with zero attached hydrogens (tertiary/aromatic N) is 1. The van der Waals surface area contributed by atoms with Crippen LogP contribution in [-0.4, -0.2) is 56.3 Å². The molecule has 0 spiro atoms. The van der Waals surface area contributed by atoms with E-state index in [1.165, 1.54) is 12.1 Å². The number of carbonyl (C=O) groups is 1. The van der Waals surface area contributed by atoms with E-state index in [1.807, 2.05) is 4.90 Å². The van der Waals surface area contributed by atoms with Crippen LogP contribution in [0.3, 0.4) is 0 Å². The molecule has 1 aromatic carbocycles. The number of hydrogen-bond donors (Lipinski definition) is 2. The minimum absolute atomic E-state index is 0.182. The van der Waals surface area contributed by atoms with Crippen molar-refractivity contribution >= 4 is 21.4 Å². The van der Waals surface area contributed by atoms with E-state index in [0.717, 1.165) is 6.26 Å². The standard InChI is InChI=1S/C14H20N2O4S/c1-21(19,20)13-4-2-3-11(9-13)15-14(18)10-16-7-5-12(17)6-8-16/h2-4,9,12,17H,5-8,10H2,1H3,(H,15,18). The van der Waals surface area contributed by atoms with Crippen LogP contribution in [0.4, 0.5) is 5.69 Å². The number of benzene rings is 1. The molecule has 1 aliphatic rings. The van der Waals surface area contributed by atoms with Crippen LogP contribution in [0.25, 0.3) is 0 Å². The number of nitrogens with one attached hydrogen (secondary N) is 1. The van der Waals surface area contributed by atoms with Crippen molar-refractivity contribution in [2.24, 2.45) is 0 Å². The second kappa shape index (κ2) is 6.55. The summed E-state index contributed by atoms with van der Waals surface area (Å²) < 4.78 is 22.9. The number of likely N-dealkylation sites (tertiary alicyclic amines) is 1. The van der Waals surface area contributed by atoms with Gasteiger partial charge in [-0.05, 0) is 31.0 Å². The number of piperidine rings is 1. The van der Waals surface area contributed by atoms with Gasteiger partial charge >= 0.3 is 0 Å². The van der Waals surface area contributed by atoms with Crippen LogP contribution in [0.5, 0.6) is 0 Å². The SMILES string of the molecule is CS(=O)(=O)c1cccc(NC(=O)CN2CCC(O)CC2)c1. The highest BCUT2D eigenvalue weighted by Crippen LogP contribution is 2.15. The largest absolute Gasteiger partial charge is 0.393 e. The molecule has 7 heteroatoms. The summed E-state index contributed by atoms with van der Waals surface area (Å²) in [7, 11) is -3.28. The van der Waals surface area contributed by atoms with Crippen LogP contribution >= 0.6 is 0 Å². The topological polar surface area (TPSA) is 86.7 Å². The van der Waals surface area contributed by atoms with E-state index in [4.69, 9.17) is 0 Å². The average Bonchev–Trinajstić information content (AvgIpc) is 2.41. The van der Waals surface area contributed by atoms with Crippen LogP contribution < -0.4 is 5.32 Å². The number of sulfone groups is 1. The number of anilines is 1. The van der Waals surface area contributed by atoms with E-state index in [1.54, 1.807) is 12.1 Å². The quantitative estimate of drug-likeness (QED) is 0.845. The molecule has 0 aromatic heterocycles. The molecule has 0 unspecified atom stereocenters. The molecule has 0 saturated carbocycles. The molecule has 0 atom stereocenters. The van der Waals surface area contributed by atoms with E-state index in [-0.39, 0.29) is 23.5 Å². The zero-order valence-electron chi connectivity index (χ0n) is 11.9. The fourth-order valence-corrected chi connectivity index (χ4v) is 2.95. The van der Waals surface area contributed by atoms with Crippen molar-refractivity contribution in [2.75, 3.05) is 31.2 Å². The molecule has 1 fully saturated rings. The Kier molecular flexibility index (Phi) is 4.97. The highest BCUT2D eigenvalue weighted by Gasteiger charge is 2.19. The van der Waals surface area contributed by atoms with Gasteiger partial charge in [-0.1, -0.05) is 6.07 Å². The lowest BCUT2D eigenvalue weighted by Gasteiger charge is -2.28. The maximum absolute atomic E-state index is 12.0. The number of rotatable bonds is 4. The summed E-state index contributed by atoms with van der Waals surface area (Å²) >= 11 is 0. The van der Waals surface area contributed by atoms with Crippen LogP contribution in [0.2, 0.25) is 0 Å². The third-order valence-corrected chi connectivity index (χ3v) is 4.58. The Labute approximate surface area is 124 Å². The summed E-state index contributed by atoms with van der Waals surface area (Å²) in [6.45, 7) is 1.63. The first-order valence-corrected chi connectivity index (χ1v) is 8.74. The van der Waals surface area contributed by atoms with Gasteiger partial charge in [0, 0.05) is 25.0 Å². The van der Waals surface area contributed by atoms with Gasteiger partial charge in [0.15, 0.2) is 9.84 Å². The molecule has 2 rings (SSSR count). The molecule has 0 bridgehead atoms. The molecule has 21 heavy (non-hydrogen) atoms. The normalized spacial score (nSPS) is 17.6. The fourth-order valence-electron chi connectivity index (χ4n) is 2.29. The van der Waals surface area contributed by atoms with Crippen molar-refractivity contribution in [1.29, 1.82) is 0 Å². The second-order valence-electron chi connectivity index (χ2n) is 5.36. The van der Waals surface area contributed by atoms with Gasteiger partial charge in [-0.2, -0.15) is 0 Å². The minimum atomic E-state index is -3.28. The number of carbonyl (C=O) groups excluding carboxylic acids is 1. The van der Waals surface area contributed by atoms with Gasteiger partial charge in [-0.15, -0.1) is 0 Å². The van der Waals surface area contributed by atoms with Crippen molar-refractivity contribution in [1.82, 2.24) is 4.90 Å². The Hall–Kier alpha value is -1.44. The van der Waals surface area contributed by atoms with Crippen molar-refractivity contribution in [3.8, 4) is 0 Å². The monoisotopic (exact) mass is 312 g/mol. The maximum Gasteiger partial charge on any atom is 0.238 e. The minimum Gasteiger partial charge on any atom is -0.393 e. The first kappa shape index (κ1) is 15.9. The molecule has 0 radical (unpaired) electrons. The predicted molar refractivity (Wildman–Crippen MR) is 79.9 cm³/mol. The van der Waals surface area contributed by atoms with Crippen LogP contribution in [0.15, 0.2) is 29.2 Å². The second-order valence-corrected chi connectivity index (χ2v) is 7.37. The first-order chi connectivity index (χ1) is 9.84. The number of amides is 1. The molecule has 1 saturated heterocycles. The molecular weight excluding hydrogens is 292 g/mol. The van der Waals surface area contributed by atoms with Gasteiger partial charge in [-0.3, -0.25) is 9.69 Å². The average molecular weight is 312 g/mol. The Morgan fingerprint density at radius 2 is 2.05 bits per heavy atom. The fraction of sp³-hybridized carbons (Fsp3) is 0.500. The first-order valence-electron chi connectivity index (χ1n) is 6.85. The van der Waals surface area contributed by atoms with Gasteiger partial charge in [0.05, 0.1) is 17.5 Å². The highest BCUT2D eigenvalue weighted by molar-refractivity contribution is 7.90. The smallest absolute Gasteiger partial charge is 0.238 e. The van der Waals surface area contributed by atoms with Crippen molar-refractivity contribution in [2.45, 2.75) is 23.8 Å². The Balaban J connectivity index is 1.94. The molecule has 1 aliphatic heterocycles. The Bertz CT molecular complexity index is 607. The van der Waals surface area contributed by atoms with Crippen LogP contribution in [0, 0.1) is 0 Å². The molecule has 2 N–H and O–H groups in total. The summed E-state index contributed by atoms with van der Waals surface area (Å²) in [4.78, 5) is 14.1. The molecule has 1 amide bonds. The summed E-state index contributed by atoms with van der Waals surface area (Å²) in [5.74, 6) is -0.183. The lowest BCUT2D eigenvalue weighted by molar-refractivity contribution is -0.117. The van der Waals surface area contributed by atoms with Gasteiger partial charge in [-0.25, -0.2) is 8.42 Å². The third kappa shape index (κ3) is 4.80. The predicted octanol–water partition coefficient (Wildman–Crippen LogP) is 0.485. The summed E-state index contributed by atoms with van der Waals surface area (Å²) in [6.07, 6.45) is 2.22. The molecule has 1 aromatic rings. The van der Waals surface area contributed by atoms with Gasteiger partial charge < -0.3 is 10.4 Å². The molecule has 0 aliphatic carbocycles. The van der Waals surface area contributed by atoms with E-state index in [9.17, 15) is 18.3 Å². The molecular formula is C14H20N2O4S. The van der Waals surface area contributed by atoms with Crippen molar-refractivity contribution < 1.29 is 18.3 Å². The van der Waals surface area contributed by atoms with E-state index < -0.39 is 9.84 Å². The van der Waals surface area contributed by atoms with Gasteiger partial charge in [0.1, 0.15) is 0 Å². The van der Waals surface area contributed by atoms with Gasteiger partial charge in [0.25, 0.3) is 0 Å². The molecule has 6 nitrogen and oxygen atoms in total. The molecule has 116 valence electrons. The Morgan fingerprint density at radius 3 is 2.67 bits per heavy atom. The van der Waals surface area contributed by atoms with Crippen LogP contribution in [-0.2, 0) is 14.6 Å². The van der Waals surface area contributed by atoms with E-state index >= 15 is 0 Å². The summed E-state index contributed by atoms with van der Waals surface area (Å²) in [5.41, 5.74) is 0.472. The molecule has 1 heterocycles. The Morgan fingerprint density at radius 1 is 1.38 bits per heavy atom. The van der Waals surface area contributed by atoms with E-state index in [2.05, 4.69) is 5.32 Å². The van der Waals surface area contributed by atoms with Crippen LogP contribution in [0.1, 0.15) is 12.8 Å². The van der Waals surface area contributed by atoms with Crippen molar-refractivity contribution in [3.63, 3.8) is 0 Å². The number of aliphatic hydroxyl groups excluding tert-OH is 1. The van der Waals surface area contributed by atoms with E-state index in [0.29, 0.717) is 31.6 Å². The van der Waals surface area contributed by atoms with Gasteiger partial charge in [0.2, 0.25) is 5.91 Å². The maximum atomic E-state index is 12.0. The highest BCUT2D eigenvalue weighted by atomic mass is 32.2. The summed E-state index contributed by atoms with van der Waals surface area (Å²) in [6, 6.07) is 6.21. The zero-order chi connectivity index (χ0) is 15.5. The lowest BCUT2D eigenvalue weighted by Crippen LogP contribution is -2.40. The van der Waals surface area contributed by atoms with Crippen molar-refractivity contribution in [3.05, 3.63) is 24.3 Å². The number of aliphatic hydroxyl groups is 1. The lowest BCUT2D eigenvalue weighted by atomic mass is 10.1. The number of hydrogen-bond acceptors (Lipinski definition) is 5.